The highest BCUT2D eigenvalue weighted by Crippen LogP contribution is 2.17. The summed E-state index contributed by atoms with van der Waals surface area (Å²) in [7, 11) is 1.58. The van der Waals surface area contributed by atoms with Crippen LogP contribution in [-0.2, 0) is 9.59 Å². The van der Waals surface area contributed by atoms with Crippen molar-refractivity contribution in [3.8, 4) is 11.5 Å². The predicted molar refractivity (Wildman–Crippen MR) is 109 cm³/mol. The number of nitrogens with one attached hydrogen (secondary N) is 2. The largest absolute Gasteiger partial charge is 0.497 e. The molecule has 0 heterocycles. The van der Waals surface area contributed by atoms with Gasteiger partial charge in [-0.3, -0.25) is 9.59 Å². The van der Waals surface area contributed by atoms with Crippen molar-refractivity contribution in [2.45, 2.75) is 27.2 Å². The topological polar surface area (TPSA) is 89.0 Å². The van der Waals surface area contributed by atoms with Gasteiger partial charge in [0.05, 0.1) is 13.5 Å². The van der Waals surface area contributed by atoms with Gasteiger partial charge >= 0.3 is 0 Å². The molecule has 0 aliphatic heterocycles. The lowest BCUT2D eigenvalue weighted by atomic mass is 10.1. The highest BCUT2D eigenvalue weighted by molar-refractivity contribution is 6.05. The van der Waals surface area contributed by atoms with E-state index in [0.717, 1.165) is 16.8 Å². The van der Waals surface area contributed by atoms with Gasteiger partial charge in [0.15, 0.2) is 6.61 Å². The lowest BCUT2D eigenvalue weighted by Gasteiger charge is -2.08. The van der Waals surface area contributed by atoms with Crippen molar-refractivity contribution >= 4 is 23.2 Å². The van der Waals surface area contributed by atoms with Crippen molar-refractivity contribution in [2.75, 3.05) is 19.0 Å². The van der Waals surface area contributed by atoms with Gasteiger partial charge in [0.1, 0.15) is 11.5 Å². The van der Waals surface area contributed by atoms with Gasteiger partial charge in [-0.25, -0.2) is 5.43 Å². The Labute approximate surface area is 164 Å². The first-order valence-electron chi connectivity index (χ1n) is 8.83. The smallest absolute Gasteiger partial charge is 0.277 e. The first-order chi connectivity index (χ1) is 13.4. The Morgan fingerprint density at radius 2 is 1.64 bits per heavy atom. The number of aryl methyl sites for hydroxylation is 2. The molecule has 2 aromatic rings. The molecule has 2 amide bonds. The minimum absolute atomic E-state index is 0.0759. The Morgan fingerprint density at radius 1 is 0.964 bits per heavy atom. The van der Waals surface area contributed by atoms with Gasteiger partial charge in [-0.1, -0.05) is 6.07 Å². The van der Waals surface area contributed by atoms with E-state index >= 15 is 0 Å². The Kier molecular flexibility index (Phi) is 7.56. The van der Waals surface area contributed by atoms with Crippen LogP contribution in [0.5, 0.6) is 11.5 Å². The van der Waals surface area contributed by atoms with Crippen LogP contribution in [0.1, 0.15) is 24.5 Å². The average molecular weight is 383 g/mol. The molecule has 7 heteroatoms. The molecule has 0 saturated heterocycles. The Balaban J connectivity index is 1.76. The molecule has 28 heavy (non-hydrogen) atoms. The number of benzene rings is 2. The molecule has 0 spiro atoms. The number of rotatable bonds is 8. The van der Waals surface area contributed by atoms with E-state index < -0.39 is 5.91 Å². The lowest BCUT2D eigenvalue weighted by Crippen LogP contribution is -2.26. The van der Waals surface area contributed by atoms with Crippen LogP contribution >= 0.6 is 0 Å². The van der Waals surface area contributed by atoms with E-state index in [1.54, 1.807) is 38.3 Å². The van der Waals surface area contributed by atoms with Crippen molar-refractivity contribution in [3.05, 3.63) is 53.6 Å². The summed E-state index contributed by atoms with van der Waals surface area (Å²) in [6.45, 7) is 5.49. The van der Waals surface area contributed by atoms with Crippen LogP contribution < -0.4 is 20.2 Å². The summed E-state index contributed by atoms with van der Waals surface area (Å²) in [5.74, 6) is 0.637. The van der Waals surface area contributed by atoms with Crippen molar-refractivity contribution in [1.29, 1.82) is 0 Å². The van der Waals surface area contributed by atoms with Crippen LogP contribution in [0.4, 0.5) is 5.69 Å². The zero-order chi connectivity index (χ0) is 20.5. The summed E-state index contributed by atoms with van der Waals surface area (Å²) >= 11 is 0. The zero-order valence-electron chi connectivity index (χ0n) is 16.5. The van der Waals surface area contributed by atoms with E-state index in [1.165, 1.54) is 0 Å². The summed E-state index contributed by atoms with van der Waals surface area (Å²) in [6.07, 6.45) is 0.0759. The molecule has 0 saturated carbocycles. The molecule has 0 aromatic heterocycles. The van der Waals surface area contributed by atoms with Gasteiger partial charge in [0.2, 0.25) is 5.91 Å². The number of methoxy groups -OCH3 is 1. The number of nitrogens with zero attached hydrogens (tertiary/aromatic N) is 1. The second kappa shape index (κ2) is 10.1. The predicted octanol–water partition coefficient (Wildman–Crippen LogP) is 3.21. The van der Waals surface area contributed by atoms with Gasteiger partial charge < -0.3 is 14.8 Å². The standard InChI is InChI=1S/C21H25N3O4/c1-14-5-6-17(11-15(14)2)22-20(25)12-16(3)23-24-21(26)13-28-19-9-7-18(27-4)8-10-19/h5-11H,12-13H2,1-4H3,(H,22,25)(H,24,26)/b23-16+. The first kappa shape index (κ1) is 21.0. The van der Waals surface area contributed by atoms with Crippen LogP contribution in [0.2, 0.25) is 0 Å². The maximum Gasteiger partial charge on any atom is 0.277 e. The number of hydrogen-bond acceptors (Lipinski definition) is 5. The molecule has 0 atom stereocenters. The van der Waals surface area contributed by atoms with Crippen molar-refractivity contribution in [1.82, 2.24) is 5.43 Å². The molecular weight excluding hydrogens is 358 g/mol. The van der Waals surface area contributed by atoms with Gasteiger partial charge in [-0.2, -0.15) is 5.10 Å². The zero-order valence-corrected chi connectivity index (χ0v) is 16.5. The van der Waals surface area contributed by atoms with Crippen molar-refractivity contribution < 1.29 is 19.1 Å². The highest BCUT2D eigenvalue weighted by atomic mass is 16.5. The van der Waals surface area contributed by atoms with Gasteiger partial charge in [0, 0.05) is 11.4 Å². The fourth-order valence-electron chi connectivity index (χ4n) is 2.31. The Hall–Kier alpha value is -3.35. The van der Waals surface area contributed by atoms with E-state index in [4.69, 9.17) is 9.47 Å². The Morgan fingerprint density at radius 3 is 2.29 bits per heavy atom. The minimum Gasteiger partial charge on any atom is -0.497 e. The summed E-state index contributed by atoms with van der Waals surface area (Å²) in [6, 6.07) is 12.6. The highest BCUT2D eigenvalue weighted by Gasteiger charge is 2.07. The number of carbonyl (C=O) groups is 2. The Bertz CT molecular complexity index is 860. The van der Waals surface area contributed by atoms with Crippen LogP contribution in [0.15, 0.2) is 47.6 Å². The summed E-state index contributed by atoms with van der Waals surface area (Å²) < 4.78 is 10.4. The molecule has 148 valence electrons. The second-order valence-electron chi connectivity index (χ2n) is 6.37. The molecule has 0 fully saturated rings. The van der Waals surface area contributed by atoms with Crippen LogP contribution in [0.25, 0.3) is 0 Å². The third-order valence-electron chi connectivity index (χ3n) is 4.01. The molecule has 0 aliphatic rings. The molecular formula is C21H25N3O4. The molecule has 0 aliphatic carbocycles. The number of carbonyl (C=O) groups excluding carboxylic acids is 2. The van der Waals surface area contributed by atoms with Gasteiger partial charge in [0.25, 0.3) is 5.91 Å². The fourth-order valence-corrected chi connectivity index (χ4v) is 2.31. The molecule has 0 bridgehead atoms. The summed E-state index contributed by atoms with van der Waals surface area (Å²) in [4.78, 5) is 23.9. The first-order valence-corrected chi connectivity index (χ1v) is 8.83. The summed E-state index contributed by atoms with van der Waals surface area (Å²) in [5, 5.41) is 6.75. The molecule has 0 unspecified atom stereocenters. The second-order valence-corrected chi connectivity index (χ2v) is 6.37. The molecule has 0 radical (unpaired) electrons. The van der Waals surface area contributed by atoms with Gasteiger partial charge in [-0.05, 0) is 68.3 Å². The van der Waals surface area contributed by atoms with Crippen molar-refractivity contribution in [2.24, 2.45) is 5.10 Å². The number of amides is 2. The number of anilines is 1. The average Bonchev–Trinajstić information content (AvgIpc) is 2.68. The van der Waals surface area contributed by atoms with E-state index in [0.29, 0.717) is 17.2 Å². The molecule has 2 rings (SSSR count). The minimum atomic E-state index is -0.412. The van der Waals surface area contributed by atoms with Gasteiger partial charge in [-0.15, -0.1) is 0 Å². The number of hydrazone groups is 1. The fraction of sp³-hybridized carbons (Fsp3) is 0.286. The third kappa shape index (κ3) is 6.75. The monoisotopic (exact) mass is 383 g/mol. The molecule has 2 N–H and O–H groups in total. The van der Waals surface area contributed by atoms with E-state index in [1.807, 2.05) is 32.0 Å². The van der Waals surface area contributed by atoms with E-state index in [9.17, 15) is 9.59 Å². The lowest BCUT2D eigenvalue weighted by molar-refractivity contribution is -0.123. The van der Waals surface area contributed by atoms with E-state index in [-0.39, 0.29) is 18.9 Å². The van der Waals surface area contributed by atoms with Crippen LogP contribution in [0, 0.1) is 13.8 Å². The van der Waals surface area contributed by atoms with Crippen molar-refractivity contribution in [3.63, 3.8) is 0 Å². The SMILES string of the molecule is COc1ccc(OCC(=O)N/N=C(\C)CC(=O)Nc2ccc(C)c(C)c2)cc1. The molecule has 2 aromatic carbocycles. The number of ether oxygens (including phenoxy) is 2. The van der Waals surface area contributed by atoms with Crippen LogP contribution in [-0.4, -0.2) is 31.2 Å². The quantitative estimate of drug-likeness (QED) is 0.541. The van der Waals surface area contributed by atoms with Crippen LogP contribution in [0.3, 0.4) is 0 Å². The third-order valence-corrected chi connectivity index (χ3v) is 4.01. The maximum absolute atomic E-state index is 12.1. The van der Waals surface area contributed by atoms with E-state index in [2.05, 4.69) is 15.8 Å². The maximum atomic E-state index is 12.1. The molecule has 7 nitrogen and oxygen atoms in total. The number of hydrogen-bond donors (Lipinski definition) is 2. The normalized spacial score (nSPS) is 10.9. The summed E-state index contributed by atoms with van der Waals surface area (Å²) in [5.41, 5.74) is 5.87.